The molecule has 3 aromatic carbocycles. The van der Waals surface area contributed by atoms with Gasteiger partial charge >= 0.3 is 12.3 Å². The molecule has 1 atom stereocenters. The van der Waals surface area contributed by atoms with Crippen molar-refractivity contribution in [2.45, 2.75) is 25.4 Å². The molecule has 0 saturated heterocycles. The molecule has 10 heteroatoms. The molecule has 3 aromatic rings. The van der Waals surface area contributed by atoms with Gasteiger partial charge in [-0.3, -0.25) is 9.80 Å². The van der Waals surface area contributed by atoms with Crippen molar-refractivity contribution in [3.8, 4) is 0 Å². The van der Waals surface area contributed by atoms with E-state index in [4.69, 9.17) is 21.4 Å². The quantitative estimate of drug-likeness (QED) is 0.355. The number of halogens is 4. The molecular formula is C28H25ClF3N3O3. The first-order valence-corrected chi connectivity index (χ1v) is 12.2. The summed E-state index contributed by atoms with van der Waals surface area (Å²) in [7, 11) is 0. The molecule has 0 aliphatic carbocycles. The molecule has 1 aliphatic rings. The molecule has 6 nitrogen and oxygen atoms in total. The van der Waals surface area contributed by atoms with Crippen molar-refractivity contribution in [1.29, 1.82) is 0 Å². The van der Waals surface area contributed by atoms with Crippen LogP contribution < -0.4 is 4.90 Å². The van der Waals surface area contributed by atoms with Gasteiger partial charge in [0, 0.05) is 5.02 Å². The van der Waals surface area contributed by atoms with Gasteiger partial charge in [0.15, 0.2) is 0 Å². The fourth-order valence-electron chi connectivity index (χ4n) is 4.40. The maximum absolute atomic E-state index is 13.4. The lowest BCUT2D eigenvalue weighted by Crippen LogP contribution is -2.44. The largest absolute Gasteiger partial charge is 0.449 e. The van der Waals surface area contributed by atoms with Gasteiger partial charge in [-0.25, -0.2) is 9.69 Å². The summed E-state index contributed by atoms with van der Waals surface area (Å²) in [4.78, 5) is 26.8. The Bertz CT molecular complexity index is 1330. The minimum Gasteiger partial charge on any atom is -0.449 e. The summed E-state index contributed by atoms with van der Waals surface area (Å²) in [6.45, 7) is 3.59. The molecule has 0 saturated carbocycles. The Morgan fingerprint density at radius 3 is 2.24 bits per heavy atom. The van der Waals surface area contributed by atoms with E-state index in [-0.39, 0.29) is 18.8 Å². The first-order chi connectivity index (χ1) is 18.0. The van der Waals surface area contributed by atoms with Crippen molar-refractivity contribution in [2.24, 2.45) is 5.10 Å². The molecule has 0 aromatic heterocycles. The number of imide groups is 1. The van der Waals surface area contributed by atoms with E-state index in [9.17, 15) is 22.8 Å². The lowest BCUT2D eigenvalue weighted by atomic mass is 9.76. The Hall–Kier alpha value is -3.85. The molecule has 1 aliphatic heterocycles. The maximum atomic E-state index is 13.4. The van der Waals surface area contributed by atoms with E-state index < -0.39 is 29.2 Å². The summed E-state index contributed by atoms with van der Waals surface area (Å²) >= 11 is 6.08. The Kier molecular flexibility index (Phi) is 7.78. The van der Waals surface area contributed by atoms with E-state index in [1.807, 2.05) is 49.4 Å². The van der Waals surface area contributed by atoms with E-state index in [1.54, 1.807) is 24.1 Å². The molecule has 198 valence electrons. The van der Waals surface area contributed by atoms with Gasteiger partial charge in [0.25, 0.3) is 5.91 Å². The highest BCUT2D eigenvalue weighted by atomic mass is 35.5. The van der Waals surface area contributed by atoms with E-state index >= 15 is 0 Å². The fourth-order valence-corrected chi connectivity index (χ4v) is 4.53. The van der Waals surface area contributed by atoms with Crippen LogP contribution in [0.2, 0.25) is 5.02 Å². The molecule has 0 radical (unpaired) electrons. The number of anilines is 1. The second-order valence-corrected chi connectivity index (χ2v) is 9.39. The molecule has 0 N–H and O–H groups in total. The molecule has 1 heterocycles. The third-order valence-corrected chi connectivity index (χ3v) is 6.51. The molecule has 38 heavy (non-hydrogen) atoms. The number of hydrogen-bond donors (Lipinski definition) is 0. The third-order valence-electron chi connectivity index (χ3n) is 6.26. The number of carbonyl (C=O) groups is 2. The van der Waals surface area contributed by atoms with Crippen LogP contribution in [0.3, 0.4) is 0 Å². The Labute approximate surface area is 223 Å². The van der Waals surface area contributed by atoms with E-state index in [0.29, 0.717) is 17.3 Å². The average molecular weight is 544 g/mol. The Morgan fingerprint density at radius 2 is 1.66 bits per heavy atom. The molecule has 0 bridgehead atoms. The number of hydrazone groups is 1. The highest BCUT2D eigenvalue weighted by molar-refractivity contribution is 6.30. The van der Waals surface area contributed by atoms with Gasteiger partial charge in [0.05, 0.1) is 35.5 Å². The summed E-state index contributed by atoms with van der Waals surface area (Å²) in [6, 6.07) is 20.7. The van der Waals surface area contributed by atoms with Gasteiger partial charge in [0.2, 0.25) is 0 Å². The summed E-state index contributed by atoms with van der Waals surface area (Å²) in [5.74, 6) is -0.695. The molecule has 0 spiro atoms. The molecule has 2 amide bonds. The number of nitrogens with zero attached hydrogens (tertiary/aromatic N) is 3. The lowest BCUT2D eigenvalue weighted by Gasteiger charge is -2.28. The number of benzene rings is 3. The minimum atomic E-state index is -4.55. The lowest BCUT2D eigenvalue weighted by molar-refractivity contribution is -0.137. The normalized spacial score (nSPS) is 17.2. The summed E-state index contributed by atoms with van der Waals surface area (Å²) in [5, 5.41) is 6.87. The van der Waals surface area contributed by atoms with Crippen molar-refractivity contribution in [3.63, 3.8) is 0 Å². The van der Waals surface area contributed by atoms with Gasteiger partial charge in [-0.2, -0.15) is 18.3 Å². The van der Waals surface area contributed by atoms with Crippen LogP contribution in [0.4, 0.5) is 23.7 Å². The van der Waals surface area contributed by atoms with Gasteiger partial charge in [0.1, 0.15) is 6.54 Å². The van der Waals surface area contributed by atoms with Crippen LogP contribution >= 0.6 is 11.6 Å². The van der Waals surface area contributed by atoms with Crippen molar-refractivity contribution in [3.05, 3.63) is 101 Å². The Morgan fingerprint density at radius 1 is 1.03 bits per heavy atom. The first kappa shape index (κ1) is 27.2. The van der Waals surface area contributed by atoms with Crippen LogP contribution in [0.5, 0.6) is 0 Å². The topological polar surface area (TPSA) is 62.2 Å². The standard InChI is InChI=1S/C28H25ClF3N3O3/c1-3-38-26(37)35(23-15-11-21(12-16-23)28(30,31)32)24(36)17-34-18-27(2,20-7-5-4-6-8-20)25(33-34)19-9-13-22(29)14-10-19/h4-16H,3,17-18H2,1-2H3. The maximum Gasteiger partial charge on any atom is 0.421 e. The van der Waals surface area contributed by atoms with Crippen molar-refractivity contribution >= 4 is 35.0 Å². The summed E-state index contributed by atoms with van der Waals surface area (Å²) in [6.07, 6.45) is -5.54. The van der Waals surface area contributed by atoms with Gasteiger partial charge in [-0.15, -0.1) is 0 Å². The van der Waals surface area contributed by atoms with Crippen LogP contribution in [-0.2, 0) is 21.1 Å². The highest BCUT2D eigenvalue weighted by Gasteiger charge is 2.42. The van der Waals surface area contributed by atoms with Gasteiger partial charge in [-0.05, 0) is 61.4 Å². The molecular weight excluding hydrogens is 519 g/mol. The van der Waals surface area contributed by atoms with E-state index in [2.05, 4.69) is 0 Å². The predicted octanol–water partition coefficient (Wildman–Crippen LogP) is 6.53. The summed E-state index contributed by atoms with van der Waals surface area (Å²) in [5.41, 5.74) is 0.986. The third kappa shape index (κ3) is 5.67. The van der Waals surface area contributed by atoms with Crippen LogP contribution in [0.1, 0.15) is 30.5 Å². The van der Waals surface area contributed by atoms with Crippen molar-refractivity contribution in [1.82, 2.24) is 5.01 Å². The number of hydrogen-bond acceptors (Lipinski definition) is 5. The smallest absolute Gasteiger partial charge is 0.421 e. The highest BCUT2D eigenvalue weighted by Crippen LogP contribution is 2.36. The zero-order chi connectivity index (χ0) is 27.5. The molecule has 1 unspecified atom stereocenters. The van der Waals surface area contributed by atoms with Crippen LogP contribution in [0.15, 0.2) is 84.0 Å². The fraction of sp³-hybridized carbons (Fsp3) is 0.250. The zero-order valence-electron chi connectivity index (χ0n) is 20.7. The second-order valence-electron chi connectivity index (χ2n) is 8.95. The van der Waals surface area contributed by atoms with Crippen LogP contribution in [0.25, 0.3) is 0 Å². The Balaban J connectivity index is 1.66. The number of ether oxygens (including phenoxy) is 1. The number of rotatable bonds is 6. The zero-order valence-corrected chi connectivity index (χ0v) is 21.5. The van der Waals surface area contributed by atoms with Crippen molar-refractivity contribution < 1.29 is 27.5 Å². The second kappa shape index (κ2) is 10.9. The van der Waals surface area contributed by atoms with E-state index in [1.165, 1.54) is 0 Å². The first-order valence-electron chi connectivity index (χ1n) is 11.9. The average Bonchev–Trinajstić information content (AvgIpc) is 3.22. The van der Waals surface area contributed by atoms with Gasteiger partial charge in [-0.1, -0.05) is 54.1 Å². The number of carbonyl (C=O) groups excluding carboxylic acids is 2. The number of alkyl halides is 3. The van der Waals surface area contributed by atoms with Gasteiger partial charge < -0.3 is 4.74 Å². The number of amides is 2. The van der Waals surface area contributed by atoms with Crippen LogP contribution in [-0.4, -0.2) is 42.4 Å². The predicted molar refractivity (Wildman–Crippen MR) is 139 cm³/mol. The minimum absolute atomic E-state index is 0.0160. The summed E-state index contributed by atoms with van der Waals surface area (Å²) < 4.78 is 44.1. The van der Waals surface area contributed by atoms with Crippen molar-refractivity contribution in [2.75, 3.05) is 24.6 Å². The van der Waals surface area contributed by atoms with E-state index in [0.717, 1.165) is 40.3 Å². The van der Waals surface area contributed by atoms with Crippen LogP contribution in [0, 0.1) is 0 Å². The SMILES string of the molecule is CCOC(=O)N(C(=O)CN1CC(C)(c2ccccc2)C(c2ccc(Cl)cc2)=N1)c1ccc(C(F)(F)F)cc1. The molecule has 0 fully saturated rings. The monoisotopic (exact) mass is 543 g/mol. The molecule has 4 rings (SSSR count).